The van der Waals surface area contributed by atoms with Gasteiger partial charge in [-0.25, -0.2) is 0 Å². The monoisotopic (exact) mass is 253 g/mol. The van der Waals surface area contributed by atoms with Crippen molar-refractivity contribution < 1.29 is 4.79 Å². The van der Waals surface area contributed by atoms with E-state index in [0.717, 1.165) is 12.2 Å². The van der Waals surface area contributed by atoms with E-state index in [1.54, 1.807) is 6.33 Å². The standard InChI is InChI=1S/C12H23N5O/c1-5-9(4)11(13)12(18)14-6-10-16-15-7-17(10)8(2)3/h7-9,11H,5-6,13H2,1-4H3,(H,14,18). The van der Waals surface area contributed by atoms with Crippen LogP contribution in [0.15, 0.2) is 6.33 Å². The van der Waals surface area contributed by atoms with Crippen LogP contribution in [0.3, 0.4) is 0 Å². The number of nitrogens with one attached hydrogen (secondary N) is 1. The molecule has 0 aliphatic carbocycles. The van der Waals surface area contributed by atoms with Crippen LogP contribution in [0.5, 0.6) is 0 Å². The first-order chi connectivity index (χ1) is 8.47. The Balaban J connectivity index is 2.55. The molecule has 0 radical (unpaired) electrons. The first-order valence-corrected chi connectivity index (χ1v) is 6.39. The zero-order chi connectivity index (χ0) is 13.7. The number of nitrogens with two attached hydrogens (primary N) is 1. The van der Waals surface area contributed by atoms with E-state index < -0.39 is 6.04 Å². The minimum absolute atomic E-state index is 0.136. The largest absolute Gasteiger partial charge is 0.347 e. The summed E-state index contributed by atoms with van der Waals surface area (Å²) in [6.07, 6.45) is 2.55. The van der Waals surface area contributed by atoms with Crippen LogP contribution in [0.2, 0.25) is 0 Å². The number of carbonyl (C=O) groups is 1. The highest BCUT2D eigenvalue weighted by Crippen LogP contribution is 2.07. The van der Waals surface area contributed by atoms with Gasteiger partial charge in [-0.2, -0.15) is 0 Å². The van der Waals surface area contributed by atoms with Crippen molar-refractivity contribution in [3.05, 3.63) is 12.2 Å². The normalized spacial score (nSPS) is 14.6. The number of hydrogen-bond acceptors (Lipinski definition) is 4. The lowest BCUT2D eigenvalue weighted by atomic mass is 9.99. The van der Waals surface area contributed by atoms with Crippen LogP contribution in [0.25, 0.3) is 0 Å². The van der Waals surface area contributed by atoms with Crippen molar-refractivity contribution in [1.82, 2.24) is 20.1 Å². The Hall–Kier alpha value is -1.43. The lowest BCUT2D eigenvalue weighted by molar-refractivity contribution is -0.123. The highest BCUT2D eigenvalue weighted by atomic mass is 16.2. The molecule has 102 valence electrons. The molecular weight excluding hydrogens is 230 g/mol. The van der Waals surface area contributed by atoms with Crippen molar-refractivity contribution in [3.8, 4) is 0 Å². The summed E-state index contributed by atoms with van der Waals surface area (Å²) in [6.45, 7) is 8.44. The molecule has 2 unspecified atom stereocenters. The lowest BCUT2D eigenvalue weighted by Crippen LogP contribution is -2.44. The number of hydrogen-bond donors (Lipinski definition) is 2. The van der Waals surface area contributed by atoms with Crippen molar-refractivity contribution in [2.75, 3.05) is 0 Å². The summed E-state index contributed by atoms with van der Waals surface area (Å²) >= 11 is 0. The van der Waals surface area contributed by atoms with Gasteiger partial charge in [0.15, 0.2) is 5.82 Å². The molecule has 2 atom stereocenters. The number of amides is 1. The van der Waals surface area contributed by atoms with Crippen LogP contribution in [0, 0.1) is 5.92 Å². The lowest BCUT2D eigenvalue weighted by Gasteiger charge is -2.18. The number of nitrogens with zero attached hydrogens (tertiary/aromatic N) is 3. The van der Waals surface area contributed by atoms with Gasteiger partial charge in [-0.3, -0.25) is 4.79 Å². The van der Waals surface area contributed by atoms with E-state index >= 15 is 0 Å². The van der Waals surface area contributed by atoms with Gasteiger partial charge in [-0.1, -0.05) is 20.3 Å². The SMILES string of the molecule is CCC(C)C(N)C(=O)NCc1nncn1C(C)C. The van der Waals surface area contributed by atoms with Crippen molar-refractivity contribution >= 4 is 5.91 Å². The fraction of sp³-hybridized carbons (Fsp3) is 0.750. The minimum Gasteiger partial charge on any atom is -0.347 e. The van der Waals surface area contributed by atoms with Crippen LogP contribution in [-0.4, -0.2) is 26.7 Å². The van der Waals surface area contributed by atoms with E-state index in [0.29, 0.717) is 6.54 Å². The Morgan fingerprint density at radius 3 is 2.72 bits per heavy atom. The summed E-state index contributed by atoms with van der Waals surface area (Å²) in [5, 5.41) is 10.6. The van der Waals surface area contributed by atoms with E-state index in [-0.39, 0.29) is 17.9 Å². The Bertz CT molecular complexity index is 388. The van der Waals surface area contributed by atoms with Gasteiger partial charge in [-0.05, 0) is 19.8 Å². The molecule has 1 heterocycles. The molecule has 0 aliphatic rings. The molecule has 3 N–H and O–H groups in total. The first kappa shape index (κ1) is 14.6. The molecule has 0 spiro atoms. The summed E-state index contributed by atoms with van der Waals surface area (Å²) < 4.78 is 1.93. The van der Waals surface area contributed by atoms with Gasteiger partial charge >= 0.3 is 0 Å². The molecule has 6 heteroatoms. The molecule has 0 saturated heterocycles. The molecule has 1 aromatic heterocycles. The molecular formula is C12H23N5O. The predicted octanol–water partition coefficient (Wildman–Crippen LogP) is 0.849. The maximum absolute atomic E-state index is 11.8. The number of aromatic nitrogens is 3. The second-order valence-electron chi connectivity index (χ2n) is 4.88. The van der Waals surface area contributed by atoms with E-state index in [1.807, 2.05) is 32.3 Å². The number of carbonyl (C=O) groups excluding carboxylic acids is 1. The molecule has 6 nitrogen and oxygen atoms in total. The molecule has 1 aromatic rings. The van der Waals surface area contributed by atoms with Crippen molar-refractivity contribution in [1.29, 1.82) is 0 Å². The van der Waals surface area contributed by atoms with Crippen molar-refractivity contribution in [2.45, 2.75) is 52.7 Å². The maximum atomic E-state index is 11.8. The van der Waals surface area contributed by atoms with E-state index in [9.17, 15) is 4.79 Å². The maximum Gasteiger partial charge on any atom is 0.237 e. The molecule has 0 fully saturated rings. The van der Waals surface area contributed by atoms with Gasteiger partial charge in [-0.15, -0.1) is 10.2 Å². The summed E-state index contributed by atoms with van der Waals surface area (Å²) in [5.74, 6) is 0.783. The zero-order valence-corrected chi connectivity index (χ0v) is 11.6. The van der Waals surface area contributed by atoms with Crippen LogP contribution in [0.4, 0.5) is 0 Å². The fourth-order valence-corrected chi connectivity index (χ4v) is 1.62. The summed E-state index contributed by atoms with van der Waals surface area (Å²) in [6, 6.07) is -0.194. The topological polar surface area (TPSA) is 85.8 Å². The Kier molecular flexibility index (Phi) is 5.27. The third-order valence-corrected chi connectivity index (χ3v) is 3.18. The van der Waals surface area contributed by atoms with Gasteiger partial charge in [0, 0.05) is 6.04 Å². The fourth-order valence-electron chi connectivity index (χ4n) is 1.62. The molecule has 0 bridgehead atoms. The molecule has 0 aromatic carbocycles. The first-order valence-electron chi connectivity index (χ1n) is 6.39. The van der Waals surface area contributed by atoms with Gasteiger partial charge in [0.05, 0.1) is 12.6 Å². The minimum atomic E-state index is -0.467. The van der Waals surface area contributed by atoms with Crippen molar-refractivity contribution in [2.24, 2.45) is 11.7 Å². The summed E-state index contributed by atoms with van der Waals surface area (Å²) in [7, 11) is 0. The van der Waals surface area contributed by atoms with Crippen LogP contribution in [0.1, 0.15) is 46.0 Å². The molecule has 1 amide bonds. The van der Waals surface area contributed by atoms with Crippen LogP contribution < -0.4 is 11.1 Å². The smallest absolute Gasteiger partial charge is 0.237 e. The molecule has 18 heavy (non-hydrogen) atoms. The Morgan fingerprint density at radius 1 is 1.50 bits per heavy atom. The van der Waals surface area contributed by atoms with Crippen LogP contribution >= 0.6 is 0 Å². The summed E-state index contributed by atoms with van der Waals surface area (Å²) in [4.78, 5) is 11.8. The van der Waals surface area contributed by atoms with Gasteiger partial charge in [0.1, 0.15) is 6.33 Å². The van der Waals surface area contributed by atoms with E-state index in [4.69, 9.17) is 5.73 Å². The number of rotatable bonds is 6. The third kappa shape index (κ3) is 3.53. The second kappa shape index (κ2) is 6.49. The van der Waals surface area contributed by atoms with E-state index in [1.165, 1.54) is 0 Å². The Morgan fingerprint density at radius 2 is 2.17 bits per heavy atom. The highest BCUT2D eigenvalue weighted by Gasteiger charge is 2.19. The second-order valence-corrected chi connectivity index (χ2v) is 4.88. The third-order valence-electron chi connectivity index (χ3n) is 3.18. The van der Waals surface area contributed by atoms with E-state index in [2.05, 4.69) is 15.5 Å². The van der Waals surface area contributed by atoms with Gasteiger partial charge < -0.3 is 15.6 Å². The average Bonchev–Trinajstić information content (AvgIpc) is 2.82. The molecule has 0 aliphatic heterocycles. The van der Waals surface area contributed by atoms with Gasteiger partial charge in [0.25, 0.3) is 0 Å². The molecule has 0 saturated carbocycles. The van der Waals surface area contributed by atoms with Crippen LogP contribution in [-0.2, 0) is 11.3 Å². The predicted molar refractivity (Wildman–Crippen MR) is 69.7 cm³/mol. The van der Waals surface area contributed by atoms with Crippen molar-refractivity contribution in [3.63, 3.8) is 0 Å². The average molecular weight is 253 g/mol. The Labute approximate surface area is 108 Å². The van der Waals surface area contributed by atoms with Gasteiger partial charge in [0.2, 0.25) is 5.91 Å². The summed E-state index contributed by atoms with van der Waals surface area (Å²) in [5.41, 5.74) is 5.85. The zero-order valence-electron chi connectivity index (χ0n) is 11.6. The molecule has 1 rings (SSSR count). The highest BCUT2D eigenvalue weighted by molar-refractivity contribution is 5.81. The quantitative estimate of drug-likeness (QED) is 0.787.